The summed E-state index contributed by atoms with van der Waals surface area (Å²) in [5.41, 5.74) is 0.340. The summed E-state index contributed by atoms with van der Waals surface area (Å²) in [6, 6.07) is 4.43. The van der Waals surface area contributed by atoms with E-state index in [0.29, 0.717) is 5.56 Å². The molecule has 1 unspecified atom stereocenters. The van der Waals surface area contributed by atoms with Gasteiger partial charge in [-0.1, -0.05) is 12.1 Å². The normalized spacial score (nSPS) is 14.7. The number of nitrogens with one attached hydrogen (secondary N) is 1. The Morgan fingerprint density at radius 2 is 1.92 bits per heavy atom. The molecule has 1 aromatic rings. The van der Waals surface area contributed by atoms with Crippen molar-refractivity contribution in [2.45, 2.75) is 51.3 Å². The van der Waals surface area contributed by atoms with Gasteiger partial charge in [0.25, 0.3) is 0 Å². The van der Waals surface area contributed by atoms with Crippen LogP contribution in [0.2, 0.25) is 0 Å². The lowest BCUT2D eigenvalue weighted by Gasteiger charge is -2.24. The Labute approximate surface area is 147 Å². The fourth-order valence-corrected chi connectivity index (χ4v) is 2.68. The number of benzene rings is 1. The van der Waals surface area contributed by atoms with Crippen LogP contribution in [0.4, 0.5) is 13.2 Å². The van der Waals surface area contributed by atoms with Crippen LogP contribution in [-0.4, -0.2) is 27.9 Å². The van der Waals surface area contributed by atoms with Gasteiger partial charge in [0.1, 0.15) is 5.75 Å². The minimum atomic E-state index is -4.82. The van der Waals surface area contributed by atoms with Crippen LogP contribution >= 0.6 is 0 Å². The minimum Gasteiger partial charge on any atom is -0.466 e. The number of rotatable bonds is 7. The van der Waals surface area contributed by atoms with Crippen molar-refractivity contribution in [1.29, 1.82) is 0 Å². The second-order valence-electron chi connectivity index (χ2n) is 6.18. The number of carbonyl (C=O) groups excluding carboxylic acids is 1. The average molecular weight is 381 g/mol. The fourth-order valence-electron chi connectivity index (χ4n) is 1.85. The number of halogens is 3. The smallest absolute Gasteiger partial charge is 0.466 e. The molecule has 25 heavy (non-hydrogen) atoms. The lowest BCUT2D eigenvalue weighted by Crippen LogP contribution is -2.36. The summed E-state index contributed by atoms with van der Waals surface area (Å²) in [6.07, 6.45) is -5.00. The third-order valence-electron chi connectivity index (χ3n) is 2.98. The minimum absolute atomic E-state index is 0.172. The van der Waals surface area contributed by atoms with E-state index in [9.17, 15) is 22.2 Å². The molecule has 1 N–H and O–H groups in total. The zero-order valence-electron chi connectivity index (χ0n) is 14.5. The van der Waals surface area contributed by atoms with Gasteiger partial charge in [-0.3, -0.25) is 4.79 Å². The first-order chi connectivity index (χ1) is 11.4. The van der Waals surface area contributed by atoms with Crippen LogP contribution in [0.15, 0.2) is 24.3 Å². The molecule has 0 aliphatic rings. The number of hydrogen-bond acceptors (Lipinski definition) is 4. The van der Waals surface area contributed by atoms with Gasteiger partial charge in [-0.15, -0.1) is 13.2 Å². The second kappa shape index (κ2) is 8.66. The standard InChI is InChI=1S/C16H22F3NO4S/c1-5-23-14(21)10-13(20-25(22)15(2,3)4)11-7-6-8-12(9-11)24-16(17,18)19/h6-9,13,20H,5,10H2,1-4H3/t13-,25?/m0/s1. The highest BCUT2D eigenvalue weighted by Crippen LogP contribution is 2.28. The van der Waals surface area contributed by atoms with E-state index >= 15 is 0 Å². The van der Waals surface area contributed by atoms with E-state index in [1.54, 1.807) is 27.7 Å². The lowest BCUT2D eigenvalue weighted by molar-refractivity contribution is -0.274. The summed E-state index contributed by atoms with van der Waals surface area (Å²) in [6.45, 7) is 7.03. The first kappa shape index (κ1) is 21.4. The predicted octanol–water partition coefficient (Wildman–Crippen LogP) is 3.63. The Kier molecular flexibility index (Phi) is 7.43. The van der Waals surface area contributed by atoms with Crippen molar-refractivity contribution in [2.24, 2.45) is 0 Å². The Hall–Kier alpha value is -1.61. The van der Waals surface area contributed by atoms with Crippen molar-refractivity contribution < 1.29 is 31.6 Å². The van der Waals surface area contributed by atoms with Gasteiger partial charge in [0.15, 0.2) is 0 Å². The summed E-state index contributed by atoms with van der Waals surface area (Å²) in [5.74, 6) is -0.963. The van der Waals surface area contributed by atoms with Crippen molar-refractivity contribution in [3.8, 4) is 5.75 Å². The van der Waals surface area contributed by atoms with Crippen LogP contribution < -0.4 is 9.46 Å². The van der Waals surface area contributed by atoms with Gasteiger partial charge in [0, 0.05) is 0 Å². The number of hydrogen-bond donors (Lipinski definition) is 1. The molecule has 0 fully saturated rings. The molecular weight excluding hydrogens is 359 g/mol. The van der Waals surface area contributed by atoms with Crippen molar-refractivity contribution in [3.05, 3.63) is 29.8 Å². The van der Waals surface area contributed by atoms with Crippen LogP contribution in [0.3, 0.4) is 0 Å². The summed E-state index contributed by atoms with van der Waals surface area (Å²) in [7, 11) is -1.53. The third-order valence-corrected chi connectivity index (χ3v) is 4.59. The van der Waals surface area contributed by atoms with Crippen LogP contribution in [0.25, 0.3) is 0 Å². The Balaban J connectivity index is 3.07. The molecule has 0 aromatic heterocycles. The molecule has 0 heterocycles. The van der Waals surface area contributed by atoms with Crippen molar-refractivity contribution in [2.75, 3.05) is 6.61 Å². The van der Waals surface area contributed by atoms with Gasteiger partial charge in [0.05, 0.1) is 34.8 Å². The van der Waals surface area contributed by atoms with Gasteiger partial charge in [-0.2, -0.15) is 0 Å². The maximum Gasteiger partial charge on any atom is 0.573 e. The van der Waals surface area contributed by atoms with Gasteiger partial charge in [-0.05, 0) is 45.4 Å². The maximum atomic E-state index is 12.4. The molecule has 9 heteroatoms. The Bertz CT molecular complexity index is 614. The molecule has 0 aliphatic carbocycles. The maximum absolute atomic E-state index is 12.4. The number of ether oxygens (including phenoxy) is 2. The molecular formula is C16H22F3NO4S. The highest BCUT2D eigenvalue weighted by atomic mass is 32.2. The van der Waals surface area contributed by atoms with Crippen molar-refractivity contribution >= 4 is 17.0 Å². The summed E-state index contributed by atoms with van der Waals surface area (Å²) < 4.78 is 60.5. The topological polar surface area (TPSA) is 64.6 Å². The van der Waals surface area contributed by atoms with Crippen molar-refractivity contribution in [1.82, 2.24) is 4.72 Å². The quantitative estimate of drug-likeness (QED) is 0.733. The Morgan fingerprint density at radius 3 is 2.44 bits per heavy atom. The zero-order chi connectivity index (χ0) is 19.3. The number of esters is 1. The molecule has 0 saturated heterocycles. The fraction of sp³-hybridized carbons (Fsp3) is 0.562. The van der Waals surface area contributed by atoms with Gasteiger partial charge in [0.2, 0.25) is 0 Å². The van der Waals surface area contributed by atoms with Crippen molar-refractivity contribution in [3.63, 3.8) is 0 Å². The Morgan fingerprint density at radius 1 is 1.28 bits per heavy atom. The van der Waals surface area contributed by atoms with Gasteiger partial charge < -0.3 is 9.47 Å². The average Bonchev–Trinajstić information content (AvgIpc) is 2.44. The molecule has 5 nitrogen and oxygen atoms in total. The lowest BCUT2D eigenvalue weighted by atomic mass is 10.0. The summed E-state index contributed by atoms with van der Waals surface area (Å²) in [5, 5.41) is 0. The molecule has 1 aromatic carbocycles. The molecule has 0 aliphatic heterocycles. The number of alkyl halides is 3. The third kappa shape index (κ3) is 7.87. The van der Waals surface area contributed by atoms with Crippen LogP contribution in [-0.2, 0) is 20.5 Å². The molecule has 1 rings (SSSR count). The van der Waals surface area contributed by atoms with E-state index in [0.717, 1.165) is 12.1 Å². The summed E-state index contributed by atoms with van der Waals surface area (Å²) in [4.78, 5) is 11.8. The van der Waals surface area contributed by atoms with E-state index in [4.69, 9.17) is 4.74 Å². The first-order valence-electron chi connectivity index (χ1n) is 7.61. The SMILES string of the molecule is CCOC(=O)C[C@H](NS(=O)C(C)(C)C)c1cccc(OC(F)(F)F)c1. The van der Waals surface area contributed by atoms with Crippen LogP contribution in [0.5, 0.6) is 5.75 Å². The van der Waals surface area contributed by atoms with Gasteiger partial charge >= 0.3 is 12.3 Å². The van der Waals surface area contributed by atoms with E-state index < -0.39 is 39.9 Å². The van der Waals surface area contributed by atoms with E-state index in [1.165, 1.54) is 12.1 Å². The van der Waals surface area contributed by atoms with E-state index in [-0.39, 0.29) is 13.0 Å². The highest BCUT2D eigenvalue weighted by Gasteiger charge is 2.32. The molecule has 0 radical (unpaired) electrons. The van der Waals surface area contributed by atoms with Crippen LogP contribution in [0.1, 0.15) is 45.7 Å². The molecule has 0 amide bonds. The molecule has 0 spiro atoms. The first-order valence-corrected chi connectivity index (χ1v) is 8.76. The van der Waals surface area contributed by atoms with E-state index in [2.05, 4.69) is 9.46 Å². The highest BCUT2D eigenvalue weighted by molar-refractivity contribution is 7.84. The molecule has 0 saturated carbocycles. The summed E-state index contributed by atoms with van der Waals surface area (Å²) >= 11 is 0. The van der Waals surface area contributed by atoms with E-state index in [1.807, 2.05) is 0 Å². The van der Waals surface area contributed by atoms with Gasteiger partial charge in [-0.25, -0.2) is 8.93 Å². The largest absolute Gasteiger partial charge is 0.573 e. The molecule has 142 valence electrons. The molecule has 2 atom stereocenters. The molecule has 0 bridgehead atoms. The predicted molar refractivity (Wildman–Crippen MR) is 88.1 cm³/mol. The number of carbonyl (C=O) groups is 1. The second-order valence-corrected chi connectivity index (χ2v) is 8.18. The monoisotopic (exact) mass is 381 g/mol. The zero-order valence-corrected chi connectivity index (χ0v) is 15.3. The van der Waals surface area contributed by atoms with Crippen LogP contribution in [0, 0.1) is 0 Å².